The van der Waals surface area contributed by atoms with Gasteiger partial charge in [-0.2, -0.15) is 5.10 Å². The summed E-state index contributed by atoms with van der Waals surface area (Å²) in [4.78, 5) is 19.8. The van der Waals surface area contributed by atoms with E-state index in [1.165, 1.54) is 12.1 Å². The number of carbonyl (C=O) groups is 1. The van der Waals surface area contributed by atoms with Crippen molar-refractivity contribution in [1.82, 2.24) is 24.5 Å². The largest absolute Gasteiger partial charge is 0.379 e. The smallest absolute Gasteiger partial charge is 0.274 e. The molecule has 4 aliphatic heterocycles. The summed E-state index contributed by atoms with van der Waals surface area (Å²) in [5, 5.41) is 4.81. The number of sulfone groups is 1. The molecule has 3 saturated heterocycles. The summed E-state index contributed by atoms with van der Waals surface area (Å²) >= 11 is 0. The second-order valence-corrected chi connectivity index (χ2v) is 12.4. The molecule has 0 saturated carbocycles. The van der Waals surface area contributed by atoms with Gasteiger partial charge < -0.3 is 14.4 Å². The molecule has 5 heterocycles. The van der Waals surface area contributed by atoms with E-state index in [4.69, 9.17) is 14.6 Å². The topological polar surface area (TPSA) is 97.2 Å². The molecule has 3 fully saturated rings. The zero-order valence-electron chi connectivity index (χ0n) is 21.5. The Morgan fingerprint density at radius 2 is 1.71 bits per heavy atom. The molecule has 206 valence electrons. The first kappa shape index (κ1) is 25.9. The average Bonchev–Trinajstić information content (AvgIpc) is 3.31. The minimum Gasteiger partial charge on any atom is -0.379 e. The minimum absolute atomic E-state index is 0.0506. The molecule has 12 heteroatoms. The van der Waals surface area contributed by atoms with Crippen LogP contribution in [0.5, 0.6) is 0 Å². The van der Waals surface area contributed by atoms with E-state index >= 15 is 0 Å². The molecule has 10 nitrogen and oxygen atoms in total. The number of piperidine rings is 1. The number of likely N-dealkylation sites (tertiary alicyclic amines) is 1. The van der Waals surface area contributed by atoms with Crippen molar-refractivity contribution in [3.63, 3.8) is 0 Å². The maximum Gasteiger partial charge on any atom is 0.274 e. The predicted octanol–water partition coefficient (Wildman–Crippen LogP) is 1.42. The van der Waals surface area contributed by atoms with E-state index in [9.17, 15) is 17.6 Å². The van der Waals surface area contributed by atoms with E-state index in [1.807, 2.05) is 4.68 Å². The average molecular weight is 548 g/mol. The lowest BCUT2D eigenvalue weighted by Crippen LogP contribution is -2.44. The number of aromatic nitrogens is 2. The highest BCUT2D eigenvalue weighted by Gasteiger charge is 2.40. The fraction of sp³-hybridized carbons (Fsp3) is 0.615. The van der Waals surface area contributed by atoms with Crippen molar-refractivity contribution in [2.75, 3.05) is 78.8 Å². The number of rotatable bonds is 5. The first-order valence-corrected chi connectivity index (χ1v) is 15.1. The van der Waals surface area contributed by atoms with E-state index < -0.39 is 21.4 Å². The third-order valence-electron chi connectivity index (χ3n) is 8.04. The van der Waals surface area contributed by atoms with Gasteiger partial charge in [-0.15, -0.1) is 0 Å². The zero-order valence-corrected chi connectivity index (χ0v) is 22.3. The SMILES string of the molecule is O=C(c1nn(C2CCCN(CCN3CCOCC3)C2)c2c1CS(=O)(=O)c1c(F)cccc1-2)N1CCOCC1. The van der Waals surface area contributed by atoms with Gasteiger partial charge in [0.05, 0.1) is 43.9 Å². The van der Waals surface area contributed by atoms with Gasteiger partial charge in [-0.3, -0.25) is 19.3 Å². The number of carbonyl (C=O) groups excluding carboxylic acids is 1. The lowest BCUT2D eigenvalue weighted by atomic mass is 10.0. The number of ether oxygens (including phenoxy) is 2. The number of halogens is 1. The molecule has 0 bridgehead atoms. The minimum atomic E-state index is -3.97. The lowest BCUT2D eigenvalue weighted by Gasteiger charge is -2.36. The molecule has 1 unspecified atom stereocenters. The van der Waals surface area contributed by atoms with Crippen molar-refractivity contribution in [1.29, 1.82) is 0 Å². The molecule has 0 aliphatic carbocycles. The summed E-state index contributed by atoms with van der Waals surface area (Å²) in [5.74, 6) is -1.49. The number of nitrogens with zero attached hydrogens (tertiary/aromatic N) is 5. The predicted molar refractivity (Wildman–Crippen MR) is 137 cm³/mol. The Kier molecular flexibility index (Phi) is 7.25. The molecular formula is C26H34FN5O5S. The van der Waals surface area contributed by atoms with Crippen LogP contribution in [0.3, 0.4) is 0 Å². The summed E-state index contributed by atoms with van der Waals surface area (Å²) in [7, 11) is -3.97. The second-order valence-electron chi connectivity index (χ2n) is 10.5. The van der Waals surface area contributed by atoms with Gasteiger partial charge in [0.15, 0.2) is 15.5 Å². The zero-order chi connectivity index (χ0) is 26.3. The van der Waals surface area contributed by atoms with Crippen LogP contribution >= 0.6 is 0 Å². The Labute approximate surface area is 222 Å². The summed E-state index contributed by atoms with van der Waals surface area (Å²) < 4.78 is 54.1. The van der Waals surface area contributed by atoms with Crippen molar-refractivity contribution >= 4 is 15.7 Å². The Hall–Kier alpha value is -2.38. The van der Waals surface area contributed by atoms with E-state index in [1.54, 1.807) is 11.0 Å². The van der Waals surface area contributed by atoms with Crippen LogP contribution in [0.1, 0.15) is 34.9 Å². The number of fused-ring (bicyclic) bond motifs is 3. The van der Waals surface area contributed by atoms with Crippen molar-refractivity contribution in [2.24, 2.45) is 0 Å². The molecule has 38 heavy (non-hydrogen) atoms. The van der Waals surface area contributed by atoms with Gasteiger partial charge in [-0.05, 0) is 25.5 Å². The molecule has 0 N–H and O–H groups in total. The Morgan fingerprint density at radius 3 is 2.47 bits per heavy atom. The van der Waals surface area contributed by atoms with Gasteiger partial charge in [0, 0.05) is 56.9 Å². The molecule has 2 aromatic rings. The first-order valence-electron chi connectivity index (χ1n) is 13.4. The number of hydrogen-bond acceptors (Lipinski definition) is 8. The fourth-order valence-corrected chi connectivity index (χ4v) is 7.72. The summed E-state index contributed by atoms with van der Waals surface area (Å²) in [6, 6.07) is 4.28. The number of hydrogen-bond donors (Lipinski definition) is 0. The lowest BCUT2D eigenvalue weighted by molar-refractivity contribution is 0.0294. The van der Waals surface area contributed by atoms with Gasteiger partial charge in [-0.25, -0.2) is 12.8 Å². The first-order chi connectivity index (χ1) is 18.4. The summed E-state index contributed by atoms with van der Waals surface area (Å²) in [5.41, 5.74) is 1.40. The van der Waals surface area contributed by atoms with E-state index in [0.717, 1.165) is 65.3 Å². The van der Waals surface area contributed by atoms with Crippen molar-refractivity contribution < 1.29 is 27.1 Å². The molecule has 1 aromatic heterocycles. The number of amides is 1. The molecule has 6 rings (SSSR count). The quantitative estimate of drug-likeness (QED) is 0.555. The highest BCUT2D eigenvalue weighted by Crippen LogP contribution is 2.43. The third kappa shape index (κ3) is 4.88. The third-order valence-corrected chi connectivity index (χ3v) is 9.75. The molecule has 1 atom stereocenters. The molecular weight excluding hydrogens is 513 g/mol. The highest BCUT2D eigenvalue weighted by atomic mass is 32.2. The highest BCUT2D eigenvalue weighted by molar-refractivity contribution is 7.91. The van der Waals surface area contributed by atoms with E-state index in [2.05, 4.69) is 9.80 Å². The number of morpholine rings is 2. The maximum atomic E-state index is 14.9. The van der Waals surface area contributed by atoms with Crippen LogP contribution in [-0.4, -0.2) is 118 Å². The van der Waals surface area contributed by atoms with Crippen LogP contribution in [0.25, 0.3) is 11.3 Å². The Balaban J connectivity index is 1.36. The van der Waals surface area contributed by atoms with Crippen LogP contribution in [0.4, 0.5) is 4.39 Å². The fourth-order valence-electron chi connectivity index (χ4n) is 6.06. The second kappa shape index (κ2) is 10.6. The summed E-state index contributed by atoms with van der Waals surface area (Å²) in [6.07, 6.45) is 1.81. The summed E-state index contributed by atoms with van der Waals surface area (Å²) in [6.45, 7) is 8.71. The van der Waals surface area contributed by atoms with Crippen LogP contribution in [0.2, 0.25) is 0 Å². The van der Waals surface area contributed by atoms with Crippen LogP contribution < -0.4 is 0 Å². The normalized spacial score (nSPS) is 24.1. The monoisotopic (exact) mass is 547 g/mol. The van der Waals surface area contributed by atoms with Crippen molar-refractivity contribution in [3.05, 3.63) is 35.3 Å². The van der Waals surface area contributed by atoms with Crippen LogP contribution in [0.15, 0.2) is 23.1 Å². The van der Waals surface area contributed by atoms with Gasteiger partial charge in [0.25, 0.3) is 5.91 Å². The molecule has 1 amide bonds. The Bertz CT molecular complexity index is 1300. The Morgan fingerprint density at radius 1 is 1.00 bits per heavy atom. The van der Waals surface area contributed by atoms with Gasteiger partial charge in [-0.1, -0.05) is 12.1 Å². The standard InChI is InChI=1S/C26H34FN5O5S/c27-22-5-1-4-20-24-21(18-38(34,35)25(20)22)23(26(33)31-11-15-37-16-12-31)28-32(24)19-3-2-6-30(17-19)8-7-29-9-13-36-14-10-29/h1,4-5,19H,2-3,6-18H2. The molecule has 1 aromatic carbocycles. The molecule has 0 radical (unpaired) electrons. The maximum absolute atomic E-state index is 14.9. The van der Waals surface area contributed by atoms with Gasteiger partial charge >= 0.3 is 0 Å². The van der Waals surface area contributed by atoms with Gasteiger partial charge in [0.2, 0.25) is 0 Å². The van der Waals surface area contributed by atoms with E-state index in [-0.39, 0.29) is 22.5 Å². The van der Waals surface area contributed by atoms with Gasteiger partial charge in [0.1, 0.15) is 10.7 Å². The van der Waals surface area contributed by atoms with Crippen LogP contribution in [0, 0.1) is 5.82 Å². The van der Waals surface area contributed by atoms with E-state index in [0.29, 0.717) is 43.1 Å². The molecule has 0 spiro atoms. The van der Waals surface area contributed by atoms with Crippen LogP contribution in [-0.2, 0) is 25.1 Å². The molecule has 4 aliphatic rings. The van der Waals surface area contributed by atoms with Crippen molar-refractivity contribution in [2.45, 2.75) is 29.5 Å². The van der Waals surface area contributed by atoms with Crippen molar-refractivity contribution in [3.8, 4) is 11.3 Å². The number of benzene rings is 1.